The van der Waals surface area contributed by atoms with Crippen LogP contribution in [-0.4, -0.2) is 47.3 Å². The summed E-state index contributed by atoms with van der Waals surface area (Å²) in [6.07, 6.45) is 9.56. The highest BCUT2D eigenvalue weighted by molar-refractivity contribution is 7.10. The third kappa shape index (κ3) is 4.40. The average molecular weight is 417 g/mol. The van der Waals surface area contributed by atoms with E-state index in [2.05, 4.69) is 16.3 Å². The molecule has 3 heterocycles. The molecule has 29 heavy (non-hydrogen) atoms. The summed E-state index contributed by atoms with van der Waals surface area (Å²) in [6, 6.07) is 2.63. The van der Waals surface area contributed by atoms with Crippen LogP contribution in [0.5, 0.6) is 0 Å². The fourth-order valence-electron chi connectivity index (χ4n) is 5.56. The first-order valence-electron chi connectivity index (χ1n) is 11.5. The predicted molar refractivity (Wildman–Crippen MR) is 118 cm³/mol. The van der Waals surface area contributed by atoms with Crippen molar-refractivity contribution in [2.24, 2.45) is 11.3 Å². The number of amides is 2. The van der Waals surface area contributed by atoms with Gasteiger partial charge in [0.2, 0.25) is 5.91 Å². The molecule has 2 amide bonds. The zero-order valence-electron chi connectivity index (χ0n) is 18.3. The van der Waals surface area contributed by atoms with Crippen molar-refractivity contribution in [1.82, 2.24) is 9.80 Å². The molecule has 4 nitrogen and oxygen atoms in total. The fourth-order valence-corrected chi connectivity index (χ4v) is 6.62. The molecule has 2 aliphatic heterocycles. The normalized spacial score (nSPS) is 26.3. The molecule has 2 unspecified atom stereocenters. The standard InChI is InChI=1S/C24H36N2O2S/c1-24(2,3)23(28)25-13-10-18(11-14-25)21-15-19(16-29-21)22(27)26-12-6-8-17-7-4-5-9-20(17)26/h15-18,20H,4-14H2,1-3H3. The smallest absolute Gasteiger partial charge is 0.254 e. The first kappa shape index (κ1) is 20.9. The van der Waals surface area contributed by atoms with Gasteiger partial charge in [-0.15, -0.1) is 11.3 Å². The molecule has 2 saturated heterocycles. The molecule has 0 spiro atoms. The van der Waals surface area contributed by atoms with E-state index < -0.39 is 0 Å². The Morgan fingerprint density at radius 2 is 1.66 bits per heavy atom. The van der Waals surface area contributed by atoms with E-state index >= 15 is 0 Å². The van der Waals surface area contributed by atoms with Crippen LogP contribution in [0.4, 0.5) is 0 Å². The van der Waals surface area contributed by atoms with Gasteiger partial charge in [0.1, 0.15) is 0 Å². The highest BCUT2D eigenvalue weighted by atomic mass is 32.1. The third-order valence-electron chi connectivity index (χ3n) is 7.20. The lowest BCUT2D eigenvalue weighted by atomic mass is 9.78. The van der Waals surface area contributed by atoms with E-state index in [1.165, 1.54) is 37.0 Å². The molecular weight excluding hydrogens is 380 g/mol. The second-order valence-electron chi connectivity index (χ2n) is 10.3. The Labute approximate surface area is 179 Å². The summed E-state index contributed by atoms with van der Waals surface area (Å²) in [7, 11) is 0. The van der Waals surface area contributed by atoms with Gasteiger partial charge < -0.3 is 9.80 Å². The number of carbonyl (C=O) groups is 2. The maximum absolute atomic E-state index is 13.3. The maximum atomic E-state index is 13.3. The van der Waals surface area contributed by atoms with Crippen LogP contribution in [0.1, 0.15) is 93.3 Å². The molecule has 1 aromatic heterocycles. The van der Waals surface area contributed by atoms with Crippen LogP contribution in [0.2, 0.25) is 0 Å². The second-order valence-corrected chi connectivity index (χ2v) is 11.2. The Hall–Kier alpha value is -1.36. The first-order valence-corrected chi connectivity index (χ1v) is 12.4. The van der Waals surface area contributed by atoms with Crippen molar-refractivity contribution in [2.75, 3.05) is 19.6 Å². The topological polar surface area (TPSA) is 40.6 Å². The maximum Gasteiger partial charge on any atom is 0.254 e. The minimum atomic E-state index is -0.305. The van der Waals surface area contributed by atoms with Crippen LogP contribution >= 0.6 is 11.3 Å². The number of piperidine rings is 2. The van der Waals surface area contributed by atoms with Gasteiger partial charge in [0.05, 0.1) is 5.56 Å². The summed E-state index contributed by atoms with van der Waals surface area (Å²) in [4.78, 5) is 31.4. The lowest BCUT2D eigenvalue weighted by Crippen LogP contribution is -2.49. The van der Waals surface area contributed by atoms with E-state index in [4.69, 9.17) is 0 Å². The number of nitrogens with zero attached hydrogens (tertiary/aromatic N) is 2. The molecule has 4 rings (SSSR count). The van der Waals surface area contributed by atoms with Crippen molar-refractivity contribution in [3.05, 3.63) is 21.9 Å². The van der Waals surface area contributed by atoms with Gasteiger partial charge in [-0.3, -0.25) is 9.59 Å². The van der Waals surface area contributed by atoms with E-state index in [-0.39, 0.29) is 17.2 Å². The molecule has 1 aromatic rings. The molecule has 3 fully saturated rings. The minimum Gasteiger partial charge on any atom is -0.342 e. The monoisotopic (exact) mass is 416 g/mol. The van der Waals surface area contributed by atoms with Crippen LogP contribution in [0.3, 0.4) is 0 Å². The van der Waals surface area contributed by atoms with Gasteiger partial charge in [-0.1, -0.05) is 33.6 Å². The molecule has 0 bridgehead atoms. The quantitative estimate of drug-likeness (QED) is 0.657. The molecule has 0 aromatic carbocycles. The van der Waals surface area contributed by atoms with Crippen LogP contribution < -0.4 is 0 Å². The zero-order valence-corrected chi connectivity index (χ0v) is 19.1. The minimum absolute atomic E-state index is 0.254. The molecule has 160 valence electrons. The number of likely N-dealkylation sites (tertiary alicyclic amines) is 2. The van der Waals surface area contributed by atoms with Crippen molar-refractivity contribution < 1.29 is 9.59 Å². The lowest BCUT2D eigenvalue weighted by molar-refractivity contribution is -0.140. The molecule has 0 radical (unpaired) electrons. The second kappa shape index (κ2) is 8.41. The molecule has 1 aliphatic carbocycles. The number of hydrogen-bond acceptors (Lipinski definition) is 3. The Morgan fingerprint density at radius 3 is 2.38 bits per heavy atom. The Bertz CT molecular complexity index is 740. The van der Waals surface area contributed by atoms with Gasteiger partial charge in [-0.2, -0.15) is 0 Å². The van der Waals surface area contributed by atoms with E-state index in [9.17, 15) is 9.59 Å². The number of thiophene rings is 1. The van der Waals surface area contributed by atoms with Crippen LogP contribution in [-0.2, 0) is 4.79 Å². The van der Waals surface area contributed by atoms with E-state index in [1.54, 1.807) is 11.3 Å². The first-order chi connectivity index (χ1) is 13.8. The summed E-state index contributed by atoms with van der Waals surface area (Å²) >= 11 is 1.74. The number of hydrogen-bond donors (Lipinski definition) is 0. The Morgan fingerprint density at radius 1 is 0.966 bits per heavy atom. The SMILES string of the molecule is CC(C)(C)C(=O)N1CCC(c2cc(C(=O)N3CCCC4CCCCC43)cs2)CC1. The summed E-state index contributed by atoms with van der Waals surface area (Å²) in [5.41, 5.74) is 0.588. The average Bonchev–Trinajstić information content (AvgIpc) is 3.22. The highest BCUT2D eigenvalue weighted by Gasteiger charge is 2.36. The largest absolute Gasteiger partial charge is 0.342 e. The van der Waals surface area contributed by atoms with E-state index in [1.807, 2.05) is 25.7 Å². The Balaban J connectivity index is 1.39. The van der Waals surface area contributed by atoms with E-state index in [0.29, 0.717) is 12.0 Å². The van der Waals surface area contributed by atoms with Gasteiger partial charge in [-0.25, -0.2) is 0 Å². The van der Waals surface area contributed by atoms with Crippen LogP contribution in [0.15, 0.2) is 11.4 Å². The molecular formula is C24H36N2O2S. The number of fused-ring (bicyclic) bond motifs is 1. The molecule has 2 atom stereocenters. The number of rotatable bonds is 2. The molecule has 3 aliphatic rings. The number of carbonyl (C=O) groups excluding carboxylic acids is 2. The van der Waals surface area contributed by atoms with Crippen molar-refractivity contribution in [3.8, 4) is 0 Å². The van der Waals surface area contributed by atoms with Gasteiger partial charge >= 0.3 is 0 Å². The van der Waals surface area contributed by atoms with Gasteiger partial charge in [-0.05, 0) is 56.4 Å². The lowest BCUT2D eigenvalue weighted by Gasteiger charge is -2.44. The summed E-state index contributed by atoms with van der Waals surface area (Å²) in [6.45, 7) is 8.58. The van der Waals surface area contributed by atoms with Gasteiger partial charge in [0, 0.05) is 41.3 Å². The summed E-state index contributed by atoms with van der Waals surface area (Å²) < 4.78 is 0. The molecule has 0 N–H and O–H groups in total. The van der Waals surface area contributed by atoms with Crippen LogP contribution in [0, 0.1) is 11.3 Å². The van der Waals surface area contributed by atoms with Crippen LogP contribution in [0.25, 0.3) is 0 Å². The summed E-state index contributed by atoms with van der Waals surface area (Å²) in [5.74, 6) is 1.72. The van der Waals surface area contributed by atoms with Crippen molar-refractivity contribution >= 4 is 23.2 Å². The van der Waals surface area contributed by atoms with E-state index in [0.717, 1.165) is 50.4 Å². The van der Waals surface area contributed by atoms with Crippen molar-refractivity contribution in [1.29, 1.82) is 0 Å². The van der Waals surface area contributed by atoms with Crippen molar-refractivity contribution in [3.63, 3.8) is 0 Å². The Kier molecular flexibility index (Phi) is 6.06. The van der Waals surface area contributed by atoms with Gasteiger partial charge in [0.25, 0.3) is 5.91 Å². The van der Waals surface area contributed by atoms with Gasteiger partial charge in [0.15, 0.2) is 0 Å². The third-order valence-corrected chi connectivity index (χ3v) is 8.29. The summed E-state index contributed by atoms with van der Waals surface area (Å²) in [5, 5.41) is 2.08. The molecule has 5 heteroatoms. The predicted octanol–water partition coefficient (Wildman–Crippen LogP) is 5.30. The molecule has 1 saturated carbocycles. The van der Waals surface area contributed by atoms with Crippen molar-refractivity contribution in [2.45, 2.75) is 84.1 Å². The highest BCUT2D eigenvalue weighted by Crippen LogP contribution is 2.38. The fraction of sp³-hybridized carbons (Fsp3) is 0.750. The zero-order chi connectivity index (χ0) is 20.6.